The molecule has 0 aromatic heterocycles. The van der Waals surface area contributed by atoms with Gasteiger partial charge in [-0.2, -0.15) is 13.2 Å². The van der Waals surface area contributed by atoms with Crippen LogP contribution in [-0.4, -0.2) is 112 Å². The van der Waals surface area contributed by atoms with Crippen molar-refractivity contribution in [3.63, 3.8) is 0 Å². The van der Waals surface area contributed by atoms with E-state index >= 15 is 0 Å². The molecule has 0 saturated carbocycles. The Bertz CT molecular complexity index is 2430. The van der Waals surface area contributed by atoms with Crippen LogP contribution < -0.4 is 0 Å². The molecule has 0 spiro atoms. The fourth-order valence-corrected chi connectivity index (χ4v) is 9.75. The normalized spacial score (nSPS) is 25.0. The van der Waals surface area contributed by atoms with Crippen LogP contribution in [0.1, 0.15) is 68.6 Å². The molecule has 382 valence electrons. The lowest BCUT2D eigenvalue weighted by Gasteiger charge is -2.49. The Kier molecular flexibility index (Phi) is 18.8. The maximum Gasteiger partial charge on any atom is 0.417 e. The predicted molar refractivity (Wildman–Crippen MR) is 259 cm³/mol. The smallest absolute Gasteiger partial charge is 0.417 e. The van der Waals surface area contributed by atoms with E-state index in [1.807, 2.05) is 60.7 Å². The third-order valence-corrected chi connectivity index (χ3v) is 17.8. The Labute approximate surface area is 416 Å². The van der Waals surface area contributed by atoms with Gasteiger partial charge < -0.3 is 42.3 Å². The third kappa shape index (κ3) is 15.1. The summed E-state index contributed by atoms with van der Waals surface area (Å²) in [7, 11) is -2.52. The fraction of sp³-hybridized carbons (Fsp3) is 0.442. The highest BCUT2D eigenvalue weighted by atomic mass is 32.2. The summed E-state index contributed by atoms with van der Waals surface area (Å²) in [5, 5.41) is -0.239. The first-order valence-electron chi connectivity index (χ1n) is 23.0. The molecule has 14 nitrogen and oxygen atoms in total. The molecule has 2 fully saturated rings. The van der Waals surface area contributed by atoms with Gasteiger partial charge in [0.2, 0.25) is 0 Å². The molecule has 19 heteroatoms. The van der Waals surface area contributed by atoms with Crippen molar-refractivity contribution in [1.82, 2.24) is 0 Å². The SMILES string of the molecule is CC(=O)OC[C@H]1O[C@H](O[C@H]2[C@@H](OCc3ccccc3)[C@@H](CO[Si](C)(C)C(C)(C)C)O[C@@H](Sc3ccccc3)[C@@H]2OC(=O)c2ccccc2)[C@H](N=Cc2ccccc2C(F)(F)F)[C@@H](OC(C)=O)[C@@H]1OC(C)=O. The number of hydrogen-bond acceptors (Lipinski definition) is 15. The van der Waals surface area contributed by atoms with Crippen molar-refractivity contribution >= 4 is 50.2 Å². The third-order valence-electron chi connectivity index (χ3n) is 12.2. The van der Waals surface area contributed by atoms with Crippen molar-refractivity contribution < 1.29 is 74.7 Å². The van der Waals surface area contributed by atoms with Gasteiger partial charge in [0.15, 0.2) is 32.9 Å². The number of benzene rings is 4. The highest BCUT2D eigenvalue weighted by Crippen LogP contribution is 2.42. The zero-order chi connectivity index (χ0) is 51.5. The van der Waals surface area contributed by atoms with Crippen LogP contribution in [0.15, 0.2) is 125 Å². The van der Waals surface area contributed by atoms with Gasteiger partial charge in [0.05, 0.1) is 24.3 Å². The van der Waals surface area contributed by atoms with E-state index < -0.39 is 111 Å². The molecule has 0 aliphatic carbocycles. The molecular formula is C52H60F3NO13SSi. The minimum Gasteiger partial charge on any atom is -0.463 e. The molecule has 6 rings (SSSR count). The summed E-state index contributed by atoms with van der Waals surface area (Å²) in [4.78, 5) is 57.8. The van der Waals surface area contributed by atoms with Gasteiger partial charge in [-0.25, -0.2) is 4.79 Å². The number of rotatable bonds is 18. The molecule has 2 saturated heterocycles. The molecule has 4 aromatic carbocycles. The highest BCUT2D eigenvalue weighted by Gasteiger charge is 2.56. The number of esters is 4. The topological polar surface area (TPSA) is 164 Å². The molecule has 0 bridgehead atoms. The van der Waals surface area contributed by atoms with E-state index in [0.29, 0.717) is 0 Å². The van der Waals surface area contributed by atoms with E-state index in [1.54, 1.807) is 30.3 Å². The van der Waals surface area contributed by atoms with Crippen molar-refractivity contribution in [3.8, 4) is 0 Å². The van der Waals surface area contributed by atoms with E-state index in [9.17, 15) is 32.3 Å². The van der Waals surface area contributed by atoms with E-state index in [0.717, 1.165) is 43.5 Å². The Morgan fingerprint density at radius 3 is 1.86 bits per heavy atom. The van der Waals surface area contributed by atoms with E-state index in [2.05, 4.69) is 38.9 Å². The van der Waals surface area contributed by atoms with Crippen LogP contribution in [0.4, 0.5) is 13.2 Å². The molecular weight excluding hydrogens is 964 g/mol. The van der Waals surface area contributed by atoms with E-state index in [1.165, 1.54) is 30.0 Å². The summed E-state index contributed by atoms with van der Waals surface area (Å²) in [6, 6.07) is 29.8. The van der Waals surface area contributed by atoms with Gasteiger partial charge in [-0.3, -0.25) is 19.4 Å². The second kappa shape index (κ2) is 24.3. The Morgan fingerprint density at radius 1 is 0.676 bits per heavy atom. The predicted octanol–water partition coefficient (Wildman–Crippen LogP) is 9.38. The molecule has 10 atom stereocenters. The summed E-state index contributed by atoms with van der Waals surface area (Å²) in [6.45, 7) is 13.1. The molecule has 2 aliphatic heterocycles. The standard InChI is InChI=1S/C52H60F3NO13SSi/c1-32(57)61-30-40-44(64-33(2)58)45(65-34(3)59)42(56-28-37-24-18-19-27-39(37)52(53,54)55)49(66-40)69-46-43(62-29-35-20-12-9-13-21-35)41(31-63-71(7,8)51(4,5)6)67-50(70-38-25-16-11-17-26-38)47(46)68-48(60)36-22-14-10-15-23-36/h9-28,40-47,49-50H,29-31H2,1-8H3/t40-,41-,42-,43+,44-,45-,46+,47-,49-,50+/m1/s1. The van der Waals surface area contributed by atoms with Crippen molar-refractivity contribution in [2.24, 2.45) is 4.99 Å². The van der Waals surface area contributed by atoms with Crippen molar-refractivity contribution in [2.75, 3.05) is 13.2 Å². The molecule has 0 radical (unpaired) electrons. The number of aliphatic imine (C=N–C) groups is 1. The Balaban J connectivity index is 1.57. The first-order chi connectivity index (χ1) is 33.6. The second-order valence-electron chi connectivity index (χ2n) is 18.5. The first-order valence-corrected chi connectivity index (χ1v) is 26.8. The quantitative estimate of drug-likeness (QED) is 0.0401. The number of hydrogen-bond donors (Lipinski definition) is 0. The van der Waals surface area contributed by atoms with Crippen LogP contribution in [0, 0.1) is 0 Å². The van der Waals surface area contributed by atoms with Crippen molar-refractivity contribution in [2.45, 2.75) is 138 Å². The van der Waals surface area contributed by atoms with E-state index in [-0.39, 0.29) is 29.4 Å². The number of nitrogens with zero attached hydrogens (tertiary/aromatic N) is 1. The fourth-order valence-electron chi connectivity index (χ4n) is 7.61. The Morgan fingerprint density at radius 2 is 1.25 bits per heavy atom. The first kappa shape index (κ1) is 54.9. The van der Waals surface area contributed by atoms with Crippen molar-refractivity contribution in [1.29, 1.82) is 0 Å². The van der Waals surface area contributed by atoms with Crippen LogP contribution in [0.3, 0.4) is 0 Å². The lowest BCUT2D eigenvalue weighted by atomic mass is 9.95. The lowest BCUT2D eigenvalue weighted by Crippen LogP contribution is -2.66. The molecule has 2 aliphatic rings. The number of thioether (sulfide) groups is 1. The van der Waals surface area contributed by atoms with E-state index in [4.69, 9.17) is 42.3 Å². The summed E-state index contributed by atoms with van der Waals surface area (Å²) >= 11 is 1.23. The maximum absolute atomic E-state index is 14.4. The lowest BCUT2D eigenvalue weighted by molar-refractivity contribution is -0.319. The second-order valence-corrected chi connectivity index (χ2v) is 24.5. The zero-order valence-electron chi connectivity index (χ0n) is 40.7. The van der Waals surface area contributed by atoms with Crippen LogP contribution in [0.2, 0.25) is 18.1 Å². The van der Waals surface area contributed by atoms with Gasteiger partial charge in [0, 0.05) is 37.4 Å². The molecule has 0 unspecified atom stereocenters. The Hall–Kier alpha value is -5.41. The molecule has 0 amide bonds. The number of halogens is 3. The van der Waals surface area contributed by atoms with Gasteiger partial charge in [0.1, 0.15) is 42.5 Å². The number of alkyl halides is 3. The van der Waals surface area contributed by atoms with Gasteiger partial charge in [0.25, 0.3) is 0 Å². The molecule has 0 N–H and O–H groups in total. The maximum atomic E-state index is 14.4. The monoisotopic (exact) mass is 1020 g/mol. The average Bonchev–Trinajstić information content (AvgIpc) is 3.31. The van der Waals surface area contributed by atoms with Crippen LogP contribution in [-0.2, 0) is 69.5 Å². The summed E-state index contributed by atoms with van der Waals surface area (Å²) in [5.41, 5.74) is -1.49. The van der Waals surface area contributed by atoms with Gasteiger partial charge >= 0.3 is 30.1 Å². The van der Waals surface area contributed by atoms with Gasteiger partial charge in [-0.15, -0.1) is 0 Å². The van der Waals surface area contributed by atoms with Crippen LogP contribution in [0.5, 0.6) is 0 Å². The van der Waals surface area contributed by atoms with Crippen LogP contribution in [0.25, 0.3) is 0 Å². The summed E-state index contributed by atoms with van der Waals surface area (Å²) in [5.74, 6) is -3.24. The van der Waals surface area contributed by atoms with Gasteiger partial charge in [-0.1, -0.05) is 117 Å². The van der Waals surface area contributed by atoms with Crippen molar-refractivity contribution in [3.05, 3.63) is 138 Å². The number of ether oxygens (including phenoxy) is 8. The number of carbonyl (C=O) groups is 4. The minimum absolute atomic E-state index is 0.0117. The number of carbonyl (C=O) groups excluding carboxylic acids is 4. The highest BCUT2D eigenvalue weighted by molar-refractivity contribution is 7.99. The summed E-state index contributed by atoms with van der Waals surface area (Å²) in [6.07, 6.45) is -15.1. The van der Waals surface area contributed by atoms with Gasteiger partial charge in [-0.05, 0) is 54.0 Å². The zero-order valence-corrected chi connectivity index (χ0v) is 42.6. The molecule has 71 heavy (non-hydrogen) atoms. The molecule has 4 aromatic rings. The van der Waals surface area contributed by atoms with Crippen LogP contribution >= 0.6 is 11.8 Å². The average molecular weight is 1020 g/mol. The summed E-state index contributed by atoms with van der Waals surface area (Å²) < 4.78 is 101. The molecule has 2 heterocycles. The minimum atomic E-state index is -4.81. The largest absolute Gasteiger partial charge is 0.463 e.